The first-order valence-corrected chi connectivity index (χ1v) is 4.89. The standard InChI is InChI=1S/C11H13F3N2O/c1-7(17)9-5-8(3-4-10(9)15)16(2)6-11(12,13)14/h3-5H,6,15H2,1-2H3. The number of ketones is 1. The van der Waals surface area contributed by atoms with Crippen molar-refractivity contribution in [2.45, 2.75) is 13.1 Å². The lowest BCUT2D eigenvalue weighted by Gasteiger charge is -2.21. The summed E-state index contributed by atoms with van der Waals surface area (Å²) in [6.45, 7) is 0.244. The predicted octanol–water partition coefficient (Wildman–Crippen LogP) is 2.47. The van der Waals surface area contributed by atoms with Gasteiger partial charge in [-0.1, -0.05) is 0 Å². The summed E-state index contributed by atoms with van der Waals surface area (Å²) in [6.07, 6.45) is -4.29. The van der Waals surface area contributed by atoms with E-state index in [1.807, 2.05) is 0 Å². The van der Waals surface area contributed by atoms with E-state index in [1.165, 1.54) is 32.2 Å². The molecular formula is C11H13F3N2O. The lowest BCUT2D eigenvalue weighted by Crippen LogP contribution is -2.30. The molecule has 0 heterocycles. The molecule has 0 radical (unpaired) electrons. The topological polar surface area (TPSA) is 46.3 Å². The molecule has 2 N–H and O–H groups in total. The van der Waals surface area contributed by atoms with Crippen LogP contribution in [-0.4, -0.2) is 25.6 Å². The second-order valence-corrected chi connectivity index (χ2v) is 3.80. The lowest BCUT2D eigenvalue weighted by molar-refractivity contribution is -0.119. The SMILES string of the molecule is CC(=O)c1cc(N(C)CC(F)(F)F)ccc1N. The van der Waals surface area contributed by atoms with Crippen LogP contribution in [0, 0.1) is 0 Å². The van der Waals surface area contributed by atoms with Crippen LogP contribution in [0.25, 0.3) is 0 Å². The Morgan fingerprint density at radius 1 is 1.41 bits per heavy atom. The third kappa shape index (κ3) is 3.65. The van der Waals surface area contributed by atoms with Crippen molar-refractivity contribution in [3.63, 3.8) is 0 Å². The van der Waals surface area contributed by atoms with Crippen molar-refractivity contribution in [3.05, 3.63) is 23.8 Å². The van der Waals surface area contributed by atoms with Crippen LogP contribution in [-0.2, 0) is 0 Å². The molecule has 1 rings (SSSR count). The first-order chi connectivity index (χ1) is 7.70. The first kappa shape index (κ1) is 13.3. The number of nitrogen functional groups attached to an aromatic ring is 1. The Balaban J connectivity index is 3.00. The molecule has 0 aliphatic heterocycles. The minimum atomic E-state index is -4.29. The lowest BCUT2D eigenvalue weighted by atomic mass is 10.1. The molecule has 0 aromatic heterocycles. The van der Waals surface area contributed by atoms with Gasteiger partial charge in [0.15, 0.2) is 5.78 Å². The van der Waals surface area contributed by atoms with Crippen molar-refractivity contribution >= 4 is 17.2 Å². The van der Waals surface area contributed by atoms with Gasteiger partial charge in [-0.25, -0.2) is 0 Å². The van der Waals surface area contributed by atoms with E-state index >= 15 is 0 Å². The van der Waals surface area contributed by atoms with Crippen molar-refractivity contribution in [1.29, 1.82) is 0 Å². The fourth-order valence-electron chi connectivity index (χ4n) is 1.45. The van der Waals surface area contributed by atoms with Crippen molar-refractivity contribution in [2.75, 3.05) is 24.2 Å². The first-order valence-electron chi connectivity index (χ1n) is 4.89. The monoisotopic (exact) mass is 246 g/mol. The normalized spacial score (nSPS) is 11.4. The molecule has 0 saturated heterocycles. The van der Waals surface area contributed by atoms with Crippen LogP contribution in [0.4, 0.5) is 24.5 Å². The van der Waals surface area contributed by atoms with Gasteiger partial charge in [0.05, 0.1) is 0 Å². The van der Waals surface area contributed by atoms with Gasteiger partial charge in [-0.3, -0.25) is 4.79 Å². The zero-order valence-corrected chi connectivity index (χ0v) is 9.51. The minimum Gasteiger partial charge on any atom is -0.398 e. The Morgan fingerprint density at radius 2 is 2.00 bits per heavy atom. The molecule has 94 valence electrons. The van der Waals surface area contributed by atoms with Gasteiger partial charge in [0, 0.05) is 24.0 Å². The molecule has 0 aliphatic rings. The molecule has 1 aromatic rings. The van der Waals surface area contributed by atoms with Crippen LogP contribution in [0.1, 0.15) is 17.3 Å². The average molecular weight is 246 g/mol. The zero-order chi connectivity index (χ0) is 13.2. The van der Waals surface area contributed by atoms with Gasteiger partial charge >= 0.3 is 6.18 Å². The second kappa shape index (κ2) is 4.65. The number of anilines is 2. The molecule has 17 heavy (non-hydrogen) atoms. The highest BCUT2D eigenvalue weighted by Crippen LogP contribution is 2.24. The maximum atomic E-state index is 12.2. The summed E-state index contributed by atoms with van der Waals surface area (Å²) in [5.74, 6) is -0.273. The predicted molar refractivity (Wildman–Crippen MR) is 60.2 cm³/mol. The van der Waals surface area contributed by atoms with Crippen LogP contribution < -0.4 is 10.6 Å². The Labute approximate surface area is 97.0 Å². The highest BCUT2D eigenvalue weighted by atomic mass is 19.4. The van der Waals surface area contributed by atoms with E-state index in [2.05, 4.69) is 0 Å². The summed E-state index contributed by atoms with van der Waals surface area (Å²) in [5.41, 5.74) is 6.36. The summed E-state index contributed by atoms with van der Waals surface area (Å²) >= 11 is 0. The van der Waals surface area contributed by atoms with Crippen molar-refractivity contribution in [3.8, 4) is 0 Å². The van der Waals surface area contributed by atoms with Crippen LogP contribution in [0.2, 0.25) is 0 Å². The number of nitrogens with two attached hydrogens (primary N) is 1. The highest BCUT2D eigenvalue weighted by Gasteiger charge is 2.29. The summed E-state index contributed by atoms with van der Waals surface area (Å²) in [6, 6.07) is 4.25. The van der Waals surface area contributed by atoms with Crippen molar-refractivity contribution < 1.29 is 18.0 Å². The van der Waals surface area contributed by atoms with Gasteiger partial charge in [-0.05, 0) is 25.1 Å². The van der Waals surface area contributed by atoms with Crippen molar-refractivity contribution in [1.82, 2.24) is 0 Å². The number of halogens is 3. The summed E-state index contributed by atoms with van der Waals surface area (Å²) in [4.78, 5) is 12.2. The summed E-state index contributed by atoms with van der Waals surface area (Å²) in [5, 5.41) is 0. The molecule has 0 spiro atoms. The molecule has 6 heteroatoms. The molecule has 0 atom stereocenters. The van der Waals surface area contributed by atoms with E-state index in [4.69, 9.17) is 5.73 Å². The van der Waals surface area contributed by atoms with Crippen LogP contribution in [0.5, 0.6) is 0 Å². The van der Waals surface area contributed by atoms with E-state index in [9.17, 15) is 18.0 Å². The van der Waals surface area contributed by atoms with Crippen LogP contribution in [0.15, 0.2) is 18.2 Å². The Kier molecular flexibility index (Phi) is 3.65. The molecule has 0 aliphatic carbocycles. The van der Waals surface area contributed by atoms with Gasteiger partial charge in [0.1, 0.15) is 6.54 Å². The number of nitrogens with zero attached hydrogens (tertiary/aromatic N) is 1. The van der Waals surface area contributed by atoms with Gasteiger partial charge < -0.3 is 10.6 Å². The molecule has 0 unspecified atom stereocenters. The largest absolute Gasteiger partial charge is 0.405 e. The molecule has 0 bridgehead atoms. The third-order valence-electron chi connectivity index (χ3n) is 2.27. The van der Waals surface area contributed by atoms with E-state index < -0.39 is 12.7 Å². The number of carbonyl (C=O) groups excluding carboxylic acids is 1. The average Bonchev–Trinajstić information content (AvgIpc) is 2.14. The second-order valence-electron chi connectivity index (χ2n) is 3.80. The van der Waals surface area contributed by atoms with Gasteiger partial charge in [-0.15, -0.1) is 0 Å². The van der Waals surface area contributed by atoms with E-state index in [1.54, 1.807) is 0 Å². The van der Waals surface area contributed by atoms with Gasteiger partial charge in [-0.2, -0.15) is 13.2 Å². The number of hydrogen-bond acceptors (Lipinski definition) is 3. The fourth-order valence-corrected chi connectivity index (χ4v) is 1.45. The molecule has 3 nitrogen and oxygen atoms in total. The van der Waals surface area contributed by atoms with Crippen LogP contribution in [0.3, 0.4) is 0 Å². The quantitative estimate of drug-likeness (QED) is 0.658. The number of carbonyl (C=O) groups is 1. The Bertz CT molecular complexity index is 429. The fraction of sp³-hybridized carbons (Fsp3) is 0.364. The molecule has 0 saturated carbocycles. The maximum absolute atomic E-state index is 12.2. The highest BCUT2D eigenvalue weighted by molar-refractivity contribution is 6.00. The maximum Gasteiger partial charge on any atom is 0.405 e. The molecule has 0 fully saturated rings. The van der Waals surface area contributed by atoms with Gasteiger partial charge in [0.2, 0.25) is 0 Å². The molecular weight excluding hydrogens is 233 g/mol. The van der Waals surface area contributed by atoms with Gasteiger partial charge in [0.25, 0.3) is 0 Å². The number of benzene rings is 1. The number of alkyl halides is 3. The third-order valence-corrected chi connectivity index (χ3v) is 2.27. The Morgan fingerprint density at radius 3 is 2.47 bits per heavy atom. The van der Waals surface area contributed by atoms with Crippen molar-refractivity contribution in [2.24, 2.45) is 0 Å². The smallest absolute Gasteiger partial charge is 0.398 e. The number of Topliss-reactive ketones (excluding diaryl/α,β-unsaturated/α-hetero) is 1. The minimum absolute atomic E-state index is 0.233. The zero-order valence-electron chi connectivity index (χ0n) is 9.51. The van der Waals surface area contributed by atoms with E-state index in [0.717, 1.165) is 4.90 Å². The van der Waals surface area contributed by atoms with Crippen LogP contribution >= 0.6 is 0 Å². The number of rotatable bonds is 3. The molecule has 1 aromatic carbocycles. The number of hydrogen-bond donors (Lipinski definition) is 1. The summed E-state index contributed by atoms with van der Waals surface area (Å²) < 4.78 is 36.6. The molecule has 0 amide bonds. The van der Waals surface area contributed by atoms with E-state index in [-0.39, 0.29) is 17.0 Å². The Hall–Kier alpha value is -1.72. The summed E-state index contributed by atoms with van der Waals surface area (Å²) in [7, 11) is 1.31. The van der Waals surface area contributed by atoms with E-state index in [0.29, 0.717) is 5.69 Å².